The van der Waals surface area contributed by atoms with Gasteiger partial charge < -0.3 is 28.7 Å². The quantitative estimate of drug-likeness (QED) is 0.0402. The monoisotopic (exact) mass is 1090 g/mol. The van der Waals surface area contributed by atoms with Crippen LogP contribution in [-0.2, 0) is 27.4 Å². The number of hydrogen-bond donors (Lipinski definition) is 0. The van der Waals surface area contributed by atoms with Crippen LogP contribution >= 0.6 is 34.8 Å². The van der Waals surface area contributed by atoms with Gasteiger partial charge in [0.05, 0.1) is 56.6 Å². The number of rotatable bonds is 21. The van der Waals surface area contributed by atoms with E-state index in [0.29, 0.717) is 35.4 Å². The number of aromatic nitrogens is 1. The molecule has 1 amide bonds. The Kier molecular flexibility index (Phi) is 25.2. The van der Waals surface area contributed by atoms with Crippen LogP contribution in [0.15, 0.2) is 114 Å². The highest BCUT2D eigenvalue weighted by molar-refractivity contribution is 6.43. The molecule has 5 aromatic rings. The SMILES string of the molecule is C.C=C(C)CC.C=C(CC)OCN1C(=O)CCc2ccc(OCCCCN3CCN(c4cccc(Cl)c4Cl)CC3)cc21.COCn1c(=O)ccc2ccc(OCCCCN3CCN(c4cccc(C)c4Cl)CC3)cc21. The molecule has 0 aliphatic carbocycles. The maximum atomic E-state index is 12.5. The Labute approximate surface area is 462 Å². The van der Waals surface area contributed by atoms with Crippen molar-refractivity contribution in [1.29, 1.82) is 0 Å². The molecule has 0 unspecified atom stereocenters. The molecule has 1 aromatic heterocycles. The zero-order valence-electron chi connectivity index (χ0n) is 44.3. The third-order valence-electron chi connectivity index (χ3n) is 13.7. The lowest BCUT2D eigenvalue weighted by Gasteiger charge is -2.36. The summed E-state index contributed by atoms with van der Waals surface area (Å²) in [6.07, 6.45) is 7.20. The smallest absolute Gasteiger partial charge is 0.252 e. The second-order valence-corrected chi connectivity index (χ2v) is 20.2. The van der Waals surface area contributed by atoms with Gasteiger partial charge in [0, 0.05) is 90.5 Å². The number of benzene rings is 4. The summed E-state index contributed by atoms with van der Waals surface area (Å²) in [5, 5.41) is 3.10. The highest BCUT2D eigenvalue weighted by Crippen LogP contribution is 2.34. The second-order valence-electron chi connectivity index (χ2n) is 19.1. The lowest BCUT2D eigenvalue weighted by atomic mass is 10.0. The summed E-state index contributed by atoms with van der Waals surface area (Å²) in [6, 6.07) is 27.3. The number of pyridine rings is 1. The minimum Gasteiger partial charge on any atom is -0.494 e. The van der Waals surface area contributed by atoms with E-state index in [2.05, 4.69) is 70.9 Å². The minimum absolute atomic E-state index is 0. The molecule has 3 aliphatic rings. The van der Waals surface area contributed by atoms with Crippen LogP contribution in [0, 0.1) is 6.92 Å². The Morgan fingerprint density at radius 3 is 1.79 bits per heavy atom. The Balaban J connectivity index is 0.000000252. The maximum absolute atomic E-state index is 12.5. The van der Waals surface area contributed by atoms with Crippen LogP contribution in [-0.4, -0.2) is 113 Å². The largest absolute Gasteiger partial charge is 0.494 e. The molecule has 3 aliphatic heterocycles. The minimum atomic E-state index is -0.0775. The number of allylic oxidation sites excluding steroid dienone is 2. The third-order valence-corrected chi connectivity index (χ3v) is 15.0. The fourth-order valence-electron chi connectivity index (χ4n) is 8.92. The standard InChI is InChI=1S/C28H35Cl2N3O3.C26H32ClN3O3.C5H10.CH4/c1-3-21(2)36-20-33-26-19-23(11-9-22(26)10-12-27(33)34)35-18-5-4-13-31-14-16-32(17-15-31)25-8-6-7-24(29)28(25)30;1-20-6-5-7-23(26(20)27)29-15-13-28(14-16-29)12-3-4-17-33-22-10-8-21-9-11-25(31)30(19-32-2)24(21)18-22;1-4-5(2)3;/h6-9,11,19H,2-5,10,12-18,20H2,1H3;5-11,18H,3-4,12-17,19H2,1-2H3;2,4H2,1,3H3;1H4. The molecule has 75 heavy (non-hydrogen) atoms. The van der Waals surface area contributed by atoms with Gasteiger partial charge in [0.25, 0.3) is 5.56 Å². The summed E-state index contributed by atoms with van der Waals surface area (Å²) >= 11 is 19.1. The average Bonchev–Trinajstić information content (AvgIpc) is 3.41. The zero-order chi connectivity index (χ0) is 53.0. The molecule has 0 atom stereocenters. The number of unbranched alkanes of at least 4 members (excludes halogenated alkanes) is 2. The molecule has 4 aromatic carbocycles. The van der Waals surface area contributed by atoms with Crippen LogP contribution in [0.25, 0.3) is 10.9 Å². The van der Waals surface area contributed by atoms with Crippen LogP contribution in [0.5, 0.6) is 11.5 Å². The van der Waals surface area contributed by atoms with Gasteiger partial charge in [0.15, 0.2) is 6.73 Å². The number of methoxy groups -OCH3 is 1. The normalized spacial score (nSPS) is 14.7. The van der Waals surface area contributed by atoms with Gasteiger partial charge in [-0.25, -0.2) is 0 Å². The molecule has 408 valence electrons. The maximum Gasteiger partial charge on any atom is 0.252 e. The summed E-state index contributed by atoms with van der Waals surface area (Å²) in [4.78, 5) is 36.0. The highest BCUT2D eigenvalue weighted by atomic mass is 35.5. The molecular weight excluding hydrogens is 1010 g/mol. The number of piperazine rings is 2. The van der Waals surface area contributed by atoms with Crippen LogP contribution in [0.1, 0.15) is 84.3 Å². The van der Waals surface area contributed by atoms with Crippen molar-refractivity contribution in [3.63, 3.8) is 0 Å². The van der Waals surface area contributed by atoms with Gasteiger partial charge in [-0.05, 0) is 124 Å². The van der Waals surface area contributed by atoms with E-state index in [1.807, 2.05) is 68.4 Å². The summed E-state index contributed by atoms with van der Waals surface area (Å²) < 4.78 is 24.5. The Morgan fingerprint density at radius 2 is 1.20 bits per heavy atom. The van der Waals surface area contributed by atoms with Crippen LogP contribution in [0.2, 0.25) is 15.1 Å². The van der Waals surface area contributed by atoms with Gasteiger partial charge in [0.1, 0.15) is 18.2 Å². The van der Waals surface area contributed by atoms with E-state index < -0.39 is 0 Å². The number of halogens is 3. The average molecular weight is 1090 g/mol. The zero-order valence-corrected chi connectivity index (χ0v) is 46.6. The molecule has 0 spiro atoms. The molecular formula is C60H81Cl3N6O6. The van der Waals surface area contributed by atoms with E-state index in [1.165, 1.54) is 5.57 Å². The predicted molar refractivity (Wildman–Crippen MR) is 314 cm³/mol. The Bertz CT molecular complexity index is 2680. The van der Waals surface area contributed by atoms with Gasteiger partial charge in [-0.2, -0.15) is 0 Å². The highest BCUT2D eigenvalue weighted by Gasteiger charge is 2.26. The van der Waals surface area contributed by atoms with E-state index in [0.717, 1.165) is 166 Å². The number of carbonyl (C=O) groups excluding carboxylic acids is 1. The molecule has 4 heterocycles. The van der Waals surface area contributed by atoms with E-state index >= 15 is 0 Å². The third kappa shape index (κ3) is 17.9. The Hall–Kier alpha value is -5.21. The van der Waals surface area contributed by atoms with Gasteiger partial charge in [-0.1, -0.05) is 92.5 Å². The summed E-state index contributed by atoms with van der Waals surface area (Å²) in [7, 11) is 1.59. The van der Waals surface area contributed by atoms with Crippen molar-refractivity contribution < 1.29 is 23.7 Å². The number of aryl methyl sites for hydroxylation is 2. The number of amides is 1. The van der Waals surface area contributed by atoms with Crippen molar-refractivity contribution in [3.8, 4) is 11.5 Å². The number of fused-ring (bicyclic) bond motifs is 2. The molecule has 0 saturated carbocycles. The van der Waals surface area contributed by atoms with Gasteiger partial charge in [0.2, 0.25) is 5.91 Å². The summed E-state index contributed by atoms with van der Waals surface area (Å²) in [5.41, 5.74) is 7.33. The number of nitrogens with zero attached hydrogens (tertiary/aromatic N) is 6. The van der Waals surface area contributed by atoms with E-state index in [-0.39, 0.29) is 32.4 Å². The Morgan fingerprint density at radius 1 is 0.640 bits per heavy atom. The van der Waals surface area contributed by atoms with Crippen molar-refractivity contribution in [2.45, 2.75) is 93.2 Å². The number of ether oxygens (including phenoxy) is 4. The first-order chi connectivity index (χ1) is 35.8. The van der Waals surface area contributed by atoms with Crippen LogP contribution in [0.3, 0.4) is 0 Å². The number of carbonyl (C=O) groups is 1. The van der Waals surface area contributed by atoms with Crippen molar-refractivity contribution in [2.24, 2.45) is 0 Å². The molecule has 15 heteroatoms. The molecule has 0 N–H and O–H groups in total. The first-order valence-corrected chi connectivity index (χ1v) is 27.3. The fraction of sp³-hybridized carbons (Fsp3) is 0.467. The van der Waals surface area contributed by atoms with E-state index in [4.69, 9.17) is 53.8 Å². The molecule has 12 nitrogen and oxygen atoms in total. The van der Waals surface area contributed by atoms with Crippen LogP contribution < -0.4 is 29.7 Å². The number of anilines is 3. The topological polar surface area (TPSA) is 92.2 Å². The van der Waals surface area contributed by atoms with Gasteiger partial charge >= 0.3 is 0 Å². The van der Waals surface area contributed by atoms with E-state index in [9.17, 15) is 9.59 Å². The molecule has 0 radical (unpaired) electrons. The van der Waals surface area contributed by atoms with Crippen molar-refractivity contribution in [3.05, 3.63) is 146 Å². The summed E-state index contributed by atoms with van der Waals surface area (Å²) in [5.74, 6) is 2.31. The van der Waals surface area contributed by atoms with E-state index in [1.54, 1.807) is 22.6 Å². The molecule has 2 fully saturated rings. The first kappa shape index (κ1) is 60.7. The number of hydrogen-bond acceptors (Lipinski definition) is 10. The van der Waals surface area contributed by atoms with Crippen molar-refractivity contribution in [2.75, 3.05) is 107 Å². The second kappa shape index (κ2) is 31.1. The first-order valence-electron chi connectivity index (χ1n) is 26.2. The van der Waals surface area contributed by atoms with Gasteiger partial charge in [-0.15, -0.1) is 6.58 Å². The fourth-order valence-corrected chi connectivity index (χ4v) is 9.58. The predicted octanol–water partition coefficient (Wildman–Crippen LogP) is 13.3. The van der Waals surface area contributed by atoms with Gasteiger partial charge in [-0.3, -0.25) is 28.9 Å². The summed E-state index contributed by atoms with van der Waals surface area (Å²) in [6.45, 7) is 27.5. The van der Waals surface area contributed by atoms with Crippen LogP contribution in [0.4, 0.5) is 17.1 Å². The van der Waals surface area contributed by atoms with Crippen molar-refractivity contribution >= 4 is 68.7 Å². The molecule has 8 rings (SSSR count). The molecule has 2 saturated heterocycles. The molecule has 0 bridgehead atoms. The van der Waals surface area contributed by atoms with Crippen molar-refractivity contribution in [1.82, 2.24) is 14.4 Å². The lowest BCUT2D eigenvalue weighted by molar-refractivity contribution is -0.119. The lowest BCUT2D eigenvalue weighted by Crippen LogP contribution is -2.46.